The van der Waals surface area contributed by atoms with Crippen LogP contribution in [0.3, 0.4) is 0 Å². The van der Waals surface area contributed by atoms with E-state index in [9.17, 15) is 0 Å². The molecule has 6 heteroatoms. The van der Waals surface area contributed by atoms with Crippen molar-refractivity contribution >= 4 is 45.0 Å². The molecule has 92 valence electrons. The van der Waals surface area contributed by atoms with Crippen LogP contribution in [0.1, 0.15) is 5.56 Å². The standard InChI is InChI=1S/C11H11BrClNO2S/c1-15-14-8-3-4-16-10-7(13)5-6(12)11(17-2)9(8)10/h3,5,14H,4H2,1-2H3. The van der Waals surface area contributed by atoms with Gasteiger partial charge in [-0.3, -0.25) is 10.3 Å². The van der Waals surface area contributed by atoms with Crippen molar-refractivity contribution in [3.8, 4) is 5.75 Å². The second-order valence-corrected chi connectivity index (χ2v) is 5.39. The monoisotopic (exact) mass is 335 g/mol. The lowest BCUT2D eigenvalue weighted by molar-refractivity contribution is 0.135. The molecule has 1 N–H and O–H groups in total. The molecule has 0 unspecified atom stereocenters. The average Bonchev–Trinajstić information content (AvgIpc) is 2.31. The van der Waals surface area contributed by atoms with Gasteiger partial charge in [0.15, 0.2) is 0 Å². The van der Waals surface area contributed by atoms with Crippen LogP contribution in [0.2, 0.25) is 5.02 Å². The highest BCUT2D eigenvalue weighted by molar-refractivity contribution is 9.10. The Morgan fingerprint density at radius 3 is 3.00 bits per heavy atom. The van der Waals surface area contributed by atoms with E-state index < -0.39 is 0 Å². The summed E-state index contributed by atoms with van der Waals surface area (Å²) in [7, 11) is 1.58. The fourth-order valence-corrected chi connectivity index (χ4v) is 3.65. The summed E-state index contributed by atoms with van der Waals surface area (Å²) in [5.41, 5.74) is 4.67. The van der Waals surface area contributed by atoms with Gasteiger partial charge in [-0.05, 0) is 34.3 Å². The molecule has 0 bridgehead atoms. The fraction of sp³-hybridized carbons (Fsp3) is 0.273. The van der Waals surface area contributed by atoms with Crippen LogP contribution in [0.15, 0.2) is 21.5 Å². The van der Waals surface area contributed by atoms with E-state index in [2.05, 4.69) is 21.4 Å². The molecule has 0 fully saturated rings. The van der Waals surface area contributed by atoms with Gasteiger partial charge >= 0.3 is 0 Å². The lowest BCUT2D eigenvalue weighted by Crippen LogP contribution is -2.17. The molecule has 17 heavy (non-hydrogen) atoms. The Morgan fingerprint density at radius 1 is 1.59 bits per heavy atom. The van der Waals surface area contributed by atoms with Gasteiger partial charge in [0, 0.05) is 9.37 Å². The molecule has 1 aromatic carbocycles. The number of rotatable bonds is 3. The number of benzene rings is 1. The van der Waals surface area contributed by atoms with Gasteiger partial charge in [0.25, 0.3) is 0 Å². The minimum Gasteiger partial charge on any atom is -0.487 e. The molecular formula is C11H11BrClNO2S. The van der Waals surface area contributed by atoms with E-state index in [0.717, 1.165) is 20.6 Å². The first kappa shape index (κ1) is 13.1. The second-order valence-electron chi connectivity index (χ2n) is 3.31. The third-order valence-corrected chi connectivity index (χ3v) is 4.34. The number of fused-ring (bicyclic) bond motifs is 1. The highest BCUT2D eigenvalue weighted by atomic mass is 79.9. The van der Waals surface area contributed by atoms with Crippen LogP contribution >= 0.6 is 39.3 Å². The van der Waals surface area contributed by atoms with Crippen molar-refractivity contribution in [3.05, 3.63) is 27.2 Å². The summed E-state index contributed by atoms with van der Waals surface area (Å²) in [5, 5.41) is 0.591. The first-order valence-corrected chi connectivity index (χ1v) is 7.27. The van der Waals surface area contributed by atoms with Crippen LogP contribution in [-0.2, 0) is 4.84 Å². The summed E-state index contributed by atoms with van der Waals surface area (Å²) in [6.07, 6.45) is 3.93. The van der Waals surface area contributed by atoms with E-state index >= 15 is 0 Å². The second kappa shape index (κ2) is 5.52. The average molecular weight is 337 g/mol. The lowest BCUT2D eigenvalue weighted by atomic mass is 10.1. The van der Waals surface area contributed by atoms with Crippen LogP contribution < -0.4 is 10.2 Å². The third kappa shape index (κ3) is 2.42. The SMILES string of the molecule is CONC1=CCOc2c(Cl)cc(Br)c(SC)c21. The molecule has 0 spiro atoms. The van der Waals surface area contributed by atoms with Crippen molar-refractivity contribution in [2.75, 3.05) is 20.0 Å². The minimum atomic E-state index is 0.480. The predicted molar refractivity (Wildman–Crippen MR) is 74.5 cm³/mol. The molecule has 3 nitrogen and oxygen atoms in total. The highest BCUT2D eigenvalue weighted by Crippen LogP contribution is 2.44. The highest BCUT2D eigenvalue weighted by Gasteiger charge is 2.23. The third-order valence-electron chi connectivity index (χ3n) is 2.34. The molecule has 0 aliphatic carbocycles. The molecule has 0 atom stereocenters. The Labute approximate surface area is 118 Å². The zero-order valence-electron chi connectivity index (χ0n) is 9.34. The maximum absolute atomic E-state index is 6.18. The van der Waals surface area contributed by atoms with E-state index in [1.807, 2.05) is 18.4 Å². The Kier molecular flexibility index (Phi) is 4.25. The quantitative estimate of drug-likeness (QED) is 0.673. The first-order chi connectivity index (χ1) is 8.19. The van der Waals surface area contributed by atoms with Crippen molar-refractivity contribution in [1.29, 1.82) is 0 Å². The summed E-state index contributed by atoms with van der Waals surface area (Å²) >= 11 is 11.3. The number of ether oxygens (including phenoxy) is 1. The summed E-state index contributed by atoms with van der Waals surface area (Å²) in [6.45, 7) is 0.480. The maximum atomic E-state index is 6.18. The molecule has 1 aromatic rings. The molecule has 1 heterocycles. The topological polar surface area (TPSA) is 30.5 Å². The Hall–Kier alpha value is -0.360. The normalized spacial score (nSPS) is 13.8. The van der Waals surface area contributed by atoms with Crippen LogP contribution in [-0.4, -0.2) is 20.0 Å². The summed E-state index contributed by atoms with van der Waals surface area (Å²) in [5.74, 6) is 0.696. The number of hydrogen-bond donors (Lipinski definition) is 1. The first-order valence-electron chi connectivity index (χ1n) is 4.87. The molecule has 0 radical (unpaired) electrons. The smallest absolute Gasteiger partial charge is 0.148 e. The molecule has 0 saturated carbocycles. The molecule has 0 amide bonds. The zero-order valence-corrected chi connectivity index (χ0v) is 12.5. The van der Waals surface area contributed by atoms with E-state index in [4.69, 9.17) is 21.2 Å². The molecular weight excluding hydrogens is 326 g/mol. The number of hydrogen-bond acceptors (Lipinski definition) is 4. The van der Waals surface area contributed by atoms with Gasteiger partial charge in [0.2, 0.25) is 0 Å². The number of thioether (sulfide) groups is 1. The molecule has 1 aliphatic rings. The van der Waals surface area contributed by atoms with Crippen LogP contribution in [0.4, 0.5) is 0 Å². The van der Waals surface area contributed by atoms with Gasteiger partial charge in [-0.1, -0.05) is 11.6 Å². The van der Waals surface area contributed by atoms with Gasteiger partial charge in [0.1, 0.15) is 12.4 Å². The Morgan fingerprint density at radius 2 is 2.35 bits per heavy atom. The van der Waals surface area contributed by atoms with Crippen molar-refractivity contribution in [2.24, 2.45) is 0 Å². The van der Waals surface area contributed by atoms with Crippen LogP contribution in [0.5, 0.6) is 5.75 Å². The van der Waals surface area contributed by atoms with Crippen molar-refractivity contribution in [1.82, 2.24) is 5.48 Å². The van der Waals surface area contributed by atoms with E-state index in [1.54, 1.807) is 18.9 Å². The number of hydroxylamine groups is 1. The van der Waals surface area contributed by atoms with Gasteiger partial charge in [-0.2, -0.15) is 0 Å². The molecule has 2 rings (SSSR count). The molecule has 0 saturated heterocycles. The van der Waals surface area contributed by atoms with Gasteiger partial charge in [-0.15, -0.1) is 11.8 Å². The van der Waals surface area contributed by atoms with E-state index in [1.165, 1.54) is 0 Å². The van der Waals surface area contributed by atoms with E-state index in [0.29, 0.717) is 17.4 Å². The summed E-state index contributed by atoms with van der Waals surface area (Å²) in [4.78, 5) is 6.05. The van der Waals surface area contributed by atoms with E-state index in [-0.39, 0.29) is 0 Å². The minimum absolute atomic E-state index is 0.480. The van der Waals surface area contributed by atoms with Crippen molar-refractivity contribution < 1.29 is 9.57 Å². The maximum Gasteiger partial charge on any atom is 0.148 e. The van der Waals surface area contributed by atoms with Crippen molar-refractivity contribution in [2.45, 2.75) is 4.90 Å². The zero-order chi connectivity index (χ0) is 12.4. The van der Waals surface area contributed by atoms with Gasteiger partial charge in [0.05, 0.1) is 23.4 Å². The predicted octanol–water partition coefficient (Wildman–Crippen LogP) is 3.71. The largest absolute Gasteiger partial charge is 0.487 e. The summed E-state index contributed by atoms with van der Waals surface area (Å²) < 4.78 is 6.54. The van der Waals surface area contributed by atoms with Gasteiger partial charge in [-0.25, -0.2) is 0 Å². The Bertz CT molecular complexity index is 479. The van der Waals surface area contributed by atoms with Crippen LogP contribution in [0.25, 0.3) is 5.70 Å². The number of nitrogens with one attached hydrogen (secondary N) is 1. The molecule has 1 aliphatic heterocycles. The molecule has 0 aromatic heterocycles. The number of halogens is 2. The van der Waals surface area contributed by atoms with Crippen LogP contribution in [0, 0.1) is 0 Å². The summed E-state index contributed by atoms with van der Waals surface area (Å²) in [6, 6.07) is 1.85. The lowest BCUT2D eigenvalue weighted by Gasteiger charge is -2.23. The van der Waals surface area contributed by atoms with Gasteiger partial charge < -0.3 is 4.74 Å². The fourth-order valence-electron chi connectivity index (χ4n) is 1.68. The van der Waals surface area contributed by atoms with Crippen molar-refractivity contribution in [3.63, 3.8) is 0 Å². The Balaban J connectivity index is 2.63.